The van der Waals surface area contributed by atoms with Crippen molar-refractivity contribution in [1.29, 1.82) is 0 Å². The summed E-state index contributed by atoms with van der Waals surface area (Å²) in [6, 6.07) is 18.5. The molecule has 0 aliphatic heterocycles. The van der Waals surface area contributed by atoms with Gasteiger partial charge in [-0.25, -0.2) is 4.39 Å². The first-order valence-electron chi connectivity index (χ1n) is 6.91. The number of rotatable bonds is 2. The molecule has 0 aromatic heterocycles. The van der Waals surface area contributed by atoms with Crippen LogP contribution in [0.3, 0.4) is 0 Å². The zero-order valence-corrected chi connectivity index (χ0v) is 12.0. The molecular formula is C19H14F2O. The van der Waals surface area contributed by atoms with Crippen molar-refractivity contribution in [2.24, 2.45) is 0 Å². The highest BCUT2D eigenvalue weighted by Gasteiger charge is 2.17. The Morgan fingerprint density at radius 1 is 0.727 bits per heavy atom. The van der Waals surface area contributed by atoms with Gasteiger partial charge in [0.05, 0.1) is 0 Å². The molecule has 0 radical (unpaired) electrons. The molecule has 0 saturated heterocycles. The zero-order chi connectivity index (χ0) is 15.7. The van der Waals surface area contributed by atoms with E-state index in [0.717, 1.165) is 11.1 Å². The molecule has 0 spiro atoms. The Bertz CT molecular complexity index is 809. The van der Waals surface area contributed by atoms with Gasteiger partial charge in [0.25, 0.3) is 0 Å². The molecule has 1 nitrogen and oxygen atoms in total. The topological polar surface area (TPSA) is 20.2 Å². The number of hydrogen-bond acceptors (Lipinski definition) is 1. The standard InChI is InChI=1S/C19H14F2O/c1-12-11-16(17(20)18(21)19(12)22)15-9-7-14(8-10-15)13-5-3-2-4-6-13/h2-11,22H,1H3. The number of benzene rings is 3. The second-order valence-electron chi connectivity index (χ2n) is 5.16. The maximum atomic E-state index is 14.0. The van der Waals surface area contributed by atoms with E-state index in [2.05, 4.69) is 0 Å². The van der Waals surface area contributed by atoms with E-state index < -0.39 is 17.4 Å². The fourth-order valence-corrected chi connectivity index (χ4v) is 2.43. The number of phenols is 1. The highest BCUT2D eigenvalue weighted by atomic mass is 19.2. The lowest BCUT2D eigenvalue weighted by molar-refractivity contribution is 0.404. The van der Waals surface area contributed by atoms with Crippen molar-refractivity contribution in [1.82, 2.24) is 0 Å². The summed E-state index contributed by atoms with van der Waals surface area (Å²) in [4.78, 5) is 0. The van der Waals surface area contributed by atoms with Crippen LogP contribution in [-0.4, -0.2) is 5.11 Å². The van der Waals surface area contributed by atoms with Crippen LogP contribution in [0.25, 0.3) is 22.3 Å². The third-order valence-corrected chi connectivity index (χ3v) is 3.67. The van der Waals surface area contributed by atoms with Crippen molar-refractivity contribution in [3.05, 3.63) is 77.9 Å². The first-order valence-corrected chi connectivity index (χ1v) is 6.91. The van der Waals surface area contributed by atoms with Crippen LogP contribution in [0.5, 0.6) is 5.75 Å². The van der Waals surface area contributed by atoms with Gasteiger partial charge in [0, 0.05) is 5.56 Å². The van der Waals surface area contributed by atoms with E-state index in [9.17, 15) is 13.9 Å². The van der Waals surface area contributed by atoms with Gasteiger partial charge in [0.2, 0.25) is 5.82 Å². The lowest BCUT2D eigenvalue weighted by Gasteiger charge is -2.09. The molecular weight excluding hydrogens is 282 g/mol. The van der Waals surface area contributed by atoms with E-state index in [0.29, 0.717) is 11.1 Å². The minimum Gasteiger partial charge on any atom is -0.505 e. The van der Waals surface area contributed by atoms with Gasteiger partial charge in [0.15, 0.2) is 11.6 Å². The van der Waals surface area contributed by atoms with Crippen LogP contribution in [0.15, 0.2) is 60.7 Å². The number of phenolic OH excluding ortho intramolecular Hbond substituents is 1. The SMILES string of the molecule is Cc1cc(-c2ccc(-c3ccccc3)cc2)c(F)c(F)c1O. The summed E-state index contributed by atoms with van der Waals surface area (Å²) < 4.78 is 27.7. The van der Waals surface area contributed by atoms with Crippen molar-refractivity contribution in [2.45, 2.75) is 6.92 Å². The molecule has 0 bridgehead atoms. The minimum absolute atomic E-state index is 0.146. The van der Waals surface area contributed by atoms with Crippen LogP contribution in [0.1, 0.15) is 5.56 Å². The van der Waals surface area contributed by atoms with Crippen LogP contribution in [0, 0.1) is 18.6 Å². The Labute approximate surface area is 127 Å². The molecule has 0 atom stereocenters. The largest absolute Gasteiger partial charge is 0.505 e. The number of aryl methyl sites for hydroxylation is 1. The quantitative estimate of drug-likeness (QED) is 0.679. The summed E-state index contributed by atoms with van der Waals surface area (Å²) >= 11 is 0. The van der Waals surface area contributed by atoms with Crippen molar-refractivity contribution >= 4 is 0 Å². The van der Waals surface area contributed by atoms with Gasteiger partial charge in [-0.1, -0.05) is 54.6 Å². The summed E-state index contributed by atoms with van der Waals surface area (Å²) in [6.07, 6.45) is 0. The molecule has 0 aliphatic rings. The van der Waals surface area contributed by atoms with Crippen molar-refractivity contribution in [2.75, 3.05) is 0 Å². The van der Waals surface area contributed by atoms with Gasteiger partial charge in [-0.2, -0.15) is 4.39 Å². The van der Waals surface area contributed by atoms with Gasteiger partial charge in [0.1, 0.15) is 0 Å². The molecule has 0 amide bonds. The molecule has 0 fully saturated rings. The predicted octanol–water partition coefficient (Wildman–Crippen LogP) is 5.31. The van der Waals surface area contributed by atoms with E-state index in [4.69, 9.17) is 0 Å². The van der Waals surface area contributed by atoms with Crippen LogP contribution >= 0.6 is 0 Å². The lowest BCUT2D eigenvalue weighted by atomic mass is 9.98. The normalized spacial score (nSPS) is 10.7. The van der Waals surface area contributed by atoms with E-state index in [1.54, 1.807) is 19.1 Å². The molecule has 0 unspecified atom stereocenters. The van der Waals surface area contributed by atoms with Crippen molar-refractivity contribution < 1.29 is 13.9 Å². The van der Waals surface area contributed by atoms with Gasteiger partial charge >= 0.3 is 0 Å². The fraction of sp³-hybridized carbons (Fsp3) is 0.0526. The number of hydrogen-bond donors (Lipinski definition) is 1. The Balaban J connectivity index is 2.04. The summed E-state index contributed by atoms with van der Waals surface area (Å²) in [6.45, 7) is 1.54. The monoisotopic (exact) mass is 296 g/mol. The molecule has 0 aliphatic carbocycles. The smallest absolute Gasteiger partial charge is 0.201 e. The van der Waals surface area contributed by atoms with E-state index in [-0.39, 0.29) is 5.56 Å². The molecule has 22 heavy (non-hydrogen) atoms. The van der Waals surface area contributed by atoms with Gasteiger partial charge < -0.3 is 5.11 Å². The van der Waals surface area contributed by atoms with Crippen molar-refractivity contribution in [3.8, 4) is 28.0 Å². The third kappa shape index (κ3) is 2.46. The number of halogens is 2. The molecule has 3 aromatic rings. The van der Waals surface area contributed by atoms with Gasteiger partial charge in [-0.3, -0.25) is 0 Å². The van der Waals surface area contributed by atoms with Crippen LogP contribution in [0.2, 0.25) is 0 Å². The van der Waals surface area contributed by atoms with Crippen LogP contribution in [0.4, 0.5) is 8.78 Å². The van der Waals surface area contributed by atoms with Crippen LogP contribution in [-0.2, 0) is 0 Å². The maximum Gasteiger partial charge on any atom is 0.201 e. The second-order valence-corrected chi connectivity index (χ2v) is 5.16. The fourth-order valence-electron chi connectivity index (χ4n) is 2.43. The lowest BCUT2D eigenvalue weighted by Crippen LogP contribution is -1.93. The highest BCUT2D eigenvalue weighted by molar-refractivity contribution is 5.71. The maximum absolute atomic E-state index is 14.0. The summed E-state index contributed by atoms with van der Waals surface area (Å²) in [5, 5.41) is 9.44. The Kier molecular flexibility index (Phi) is 3.63. The van der Waals surface area contributed by atoms with E-state index >= 15 is 0 Å². The zero-order valence-electron chi connectivity index (χ0n) is 12.0. The average molecular weight is 296 g/mol. The van der Waals surface area contributed by atoms with Gasteiger partial charge in [-0.05, 0) is 35.2 Å². The predicted molar refractivity (Wildman–Crippen MR) is 83.6 cm³/mol. The average Bonchev–Trinajstić information content (AvgIpc) is 2.57. The van der Waals surface area contributed by atoms with Crippen LogP contribution < -0.4 is 0 Å². The minimum atomic E-state index is -1.21. The molecule has 3 aromatic carbocycles. The molecule has 0 saturated carbocycles. The van der Waals surface area contributed by atoms with E-state index in [1.165, 1.54) is 6.07 Å². The third-order valence-electron chi connectivity index (χ3n) is 3.67. The summed E-state index contributed by atoms with van der Waals surface area (Å²) in [7, 11) is 0. The molecule has 110 valence electrons. The summed E-state index contributed by atoms with van der Waals surface area (Å²) in [5.41, 5.74) is 3.08. The van der Waals surface area contributed by atoms with Gasteiger partial charge in [-0.15, -0.1) is 0 Å². The molecule has 3 rings (SSSR count). The number of aromatic hydroxyl groups is 1. The Morgan fingerprint density at radius 3 is 1.91 bits per heavy atom. The Hall–Kier alpha value is -2.68. The molecule has 1 N–H and O–H groups in total. The first-order chi connectivity index (χ1) is 10.6. The Morgan fingerprint density at radius 2 is 1.27 bits per heavy atom. The molecule has 0 heterocycles. The second kappa shape index (κ2) is 5.60. The highest BCUT2D eigenvalue weighted by Crippen LogP contribution is 2.33. The first kappa shape index (κ1) is 14.3. The molecule has 3 heteroatoms. The summed E-state index contributed by atoms with van der Waals surface area (Å²) in [5.74, 6) is -2.88. The van der Waals surface area contributed by atoms with E-state index in [1.807, 2.05) is 42.5 Å². The van der Waals surface area contributed by atoms with Crippen molar-refractivity contribution in [3.63, 3.8) is 0 Å².